The fourth-order valence-corrected chi connectivity index (χ4v) is 4.63. The number of hydrogen-bond donors (Lipinski definition) is 3. The second kappa shape index (κ2) is 10.6. The number of rotatable bonds is 6. The molecule has 3 rings (SSSR count). The number of carbonyl (C=O) groups is 2. The summed E-state index contributed by atoms with van der Waals surface area (Å²) in [5.74, 6) is -1.58. The Labute approximate surface area is 208 Å². The van der Waals surface area contributed by atoms with Crippen LogP contribution in [-0.2, 0) is 16.0 Å². The van der Waals surface area contributed by atoms with Crippen LogP contribution in [0.1, 0.15) is 43.5 Å². The molecule has 0 bridgehead atoms. The molecule has 0 saturated carbocycles. The highest BCUT2D eigenvalue weighted by molar-refractivity contribution is 6.35. The Kier molecular flexibility index (Phi) is 8.03. The van der Waals surface area contributed by atoms with E-state index in [1.54, 1.807) is 24.8 Å². The average Bonchev–Trinajstić information content (AvgIpc) is 2.77. The molecule has 2 aromatic rings. The van der Waals surface area contributed by atoms with Crippen molar-refractivity contribution < 1.29 is 14.0 Å². The molecule has 0 spiro atoms. The standard InChI is InChI=1S/C24H26Cl2FN5O2/c1-12(2)23(29)24(34)31-19-9-20(18(27)7-15(19)10-28)30-11-21(33)32-5-4-14-6-16(25)8-17(26)22(14)13(32)3/h6-9,12-13,23,30H,4-5,11,29H2,1-3H3,(H,31,34)/t13?,23-/m1/s1. The number of carbonyl (C=O) groups excluding carboxylic acids is 2. The number of amides is 2. The SMILES string of the molecule is CC(C)[C@@H](N)C(=O)Nc1cc(NCC(=O)N2CCc3cc(Cl)cc(Cl)c3C2C)c(F)cc1C#N. The molecule has 0 radical (unpaired) electrons. The van der Waals surface area contributed by atoms with Gasteiger partial charge in [0.1, 0.15) is 11.9 Å². The lowest BCUT2D eigenvalue weighted by Gasteiger charge is -2.36. The number of nitrogens with one attached hydrogen (secondary N) is 2. The third-order valence-corrected chi connectivity index (χ3v) is 6.48. The van der Waals surface area contributed by atoms with Gasteiger partial charge in [-0.15, -0.1) is 0 Å². The molecule has 0 aliphatic carbocycles. The van der Waals surface area contributed by atoms with Crippen LogP contribution in [0.5, 0.6) is 0 Å². The van der Waals surface area contributed by atoms with Crippen molar-refractivity contribution in [3.8, 4) is 6.07 Å². The summed E-state index contributed by atoms with van der Waals surface area (Å²) in [6, 6.07) is 6.59. The lowest BCUT2D eigenvalue weighted by Crippen LogP contribution is -2.42. The number of hydrogen-bond acceptors (Lipinski definition) is 5. The minimum atomic E-state index is -0.792. The molecule has 1 heterocycles. The molecule has 2 atom stereocenters. The molecule has 34 heavy (non-hydrogen) atoms. The van der Waals surface area contributed by atoms with E-state index in [1.165, 1.54) is 6.07 Å². The fourth-order valence-electron chi connectivity index (χ4n) is 3.94. The summed E-state index contributed by atoms with van der Waals surface area (Å²) in [4.78, 5) is 27.0. The van der Waals surface area contributed by atoms with Crippen LogP contribution < -0.4 is 16.4 Å². The molecule has 2 aromatic carbocycles. The van der Waals surface area contributed by atoms with Gasteiger partial charge in [-0.05, 0) is 54.7 Å². The van der Waals surface area contributed by atoms with Crippen molar-refractivity contribution >= 4 is 46.4 Å². The maximum absolute atomic E-state index is 14.6. The summed E-state index contributed by atoms with van der Waals surface area (Å²) >= 11 is 12.5. The normalized spacial score (nSPS) is 16.0. The quantitative estimate of drug-likeness (QED) is 0.535. The number of fused-ring (bicyclic) bond motifs is 1. The largest absolute Gasteiger partial charge is 0.374 e. The minimum Gasteiger partial charge on any atom is -0.374 e. The highest BCUT2D eigenvalue weighted by Crippen LogP contribution is 2.37. The lowest BCUT2D eigenvalue weighted by atomic mass is 9.93. The molecular formula is C24H26Cl2FN5O2. The van der Waals surface area contributed by atoms with Gasteiger partial charge in [0.2, 0.25) is 11.8 Å². The van der Waals surface area contributed by atoms with E-state index >= 15 is 0 Å². The molecule has 7 nitrogen and oxygen atoms in total. The molecule has 4 N–H and O–H groups in total. The van der Waals surface area contributed by atoms with Crippen LogP contribution >= 0.6 is 23.2 Å². The Balaban J connectivity index is 1.75. The van der Waals surface area contributed by atoms with Crippen LogP contribution in [0.25, 0.3) is 0 Å². The van der Waals surface area contributed by atoms with E-state index in [4.69, 9.17) is 28.9 Å². The maximum Gasteiger partial charge on any atom is 0.242 e. The zero-order valence-electron chi connectivity index (χ0n) is 19.1. The average molecular weight is 506 g/mol. The molecule has 0 aromatic heterocycles. The van der Waals surface area contributed by atoms with Crippen LogP contribution in [-0.4, -0.2) is 35.8 Å². The van der Waals surface area contributed by atoms with E-state index in [1.807, 2.05) is 19.1 Å². The van der Waals surface area contributed by atoms with Gasteiger partial charge in [-0.1, -0.05) is 37.0 Å². The predicted octanol–water partition coefficient (Wildman–Crippen LogP) is 4.48. The molecule has 10 heteroatoms. The van der Waals surface area contributed by atoms with E-state index in [0.29, 0.717) is 23.0 Å². The van der Waals surface area contributed by atoms with Gasteiger partial charge < -0.3 is 21.3 Å². The first-order valence-corrected chi connectivity index (χ1v) is 11.6. The molecule has 0 saturated heterocycles. The fraction of sp³-hybridized carbons (Fsp3) is 0.375. The Hall–Kier alpha value is -2.86. The summed E-state index contributed by atoms with van der Waals surface area (Å²) in [5, 5.41) is 15.7. The van der Waals surface area contributed by atoms with Crippen LogP contribution in [0.4, 0.5) is 15.8 Å². The topological polar surface area (TPSA) is 111 Å². The first-order valence-electron chi connectivity index (χ1n) is 10.8. The number of nitrogens with two attached hydrogens (primary N) is 1. The molecule has 180 valence electrons. The van der Waals surface area contributed by atoms with E-state index in [9.17, 15) is 19.2 Å². The number of anilines is 2. The van der Waals surface area contributed by atoms with Gasteiger partial charge in [-0.25, -0.2) is 4.39 Å². The highest BCUT2D eigenvalue weighted by Gasteiger charge is 2.29. The Morgan fingerprint density at radius 2 is 1.97 bits per heavy atom. The van der Waals surface area contributed by atoms with Crippen molar-refractivity contribution in [1.82, 2.24) is 4.90 Å². The number of nitrogens with zero attached hydrogens (tertiary/aromatic N) is 2. The van der Waals surface area contributed by atoms with Crippen LogP contribution in [0.2, 0.25) is 10.0 Å². The Morgan fingerprint density at radius 1 is 1.26 bits per heavy atom. The molecule has 1 unspecified atom stereocenters. The Morgan fingerprint density at radius 3 is 2.62 bits per heavy atom. The van der Waals surface area contributed by atoms with Crippen molar-refractivity contribution in [2.45, 2.75) is 39.3 Å². The van der Waals surface area contributed by atoms with Gasteiger partial charge in [0.15, 0.2) is 0 Å². The van der Waals surface area contributed by atoms with Gasteiger partial charge in [-0.2, -0.15) is 5.26 Å². The van der Waals surface area contributed by atoms with Gasteiger partial charge in [-0.3, -0.25) is 9.59 Å². The third-order valence-electron chi connectivity index (χ3n) is 5.94. The second-order valence-electron chi connectivity index (χ2n) is 8.58. The monoisotopic (exact) mass is 505 g/mol. The van der Waals surface area contributed by atoms with Gasteiger partial charge in [0, 0.05) is 16.6 Å². The molecule has 1 aliphatic heterocycles. The first kappa shape index (κ1) is 25.8. The first-order chi connectivity index (χ1) is 16.0. The van der Waals surface area contributed by atoms with E-state index in [0.717, 1.165) is 17.2 Å². The van der Waals surface area contributed by atoms with Crippen LogP contribution in [0, 0.1) is 23.1 Å². The number of benzene rings is 2. The number of nitriles is 1. The summed E-state index contributed by atoms with van der Waals surface area (Å²) in [5.41, 5.74) is 7.76. The summed E-state index contributed by atoms with van der Waals surface area (Å²) < 4.78 is 14.6. The molecular weight excluding hydrogens is 480 g/mol. The molecule has 1 aliphatic rings. The second-order valence-corrected chi connectivity index (χ2v) is 9.42. The van der Waals surface area contributed by atoms with Crippen molar-refractivity contribution in [2.75, 3.05) is 23.7 Å². The van der Waals surface area contributed by atoms with E-state index < -0.39 is 17.8 Å². The predicted molar refractivity (Wildman–Crippen MR) is 131 cm³/mol. The Bertz CT molecular complexity index is 1170. The minimum absolute atomic E-state index is 0.0179. The number of halogens is 3. The van der Waals surface area contributed by atoms with E-state index in [2.05, 4.69) is 10.6 Å². The zero-order chi connectivity index (χ0) is 25.2. The van der Waals surface area contributed by atoms with Gasteiger partial charge in [0.05, 0.1) is 35.6 Å². The van der Waals surface area contributed by atoms with Crippen LogP contribution in [0.3, 0.4) is 0 Å². The van der Waals surface area contributed by atoms with Crippen molar-refractivity contribution in [3.63, 3.8) is 0 Å². The highest BCUT2D eigenvalue weighted by atomic mass is 35.5. The molecule has 2 amide bonds. The van der Waals surface area contributed by atoms with Crippen molar-refractivity contribution in [3.05, 3.63) is 56.8 Å². The summed E-state index contributed by atoms with van der Waals surface area (Å²) in [6.45, 7) is 5.74. The maximum atomic E-state index is 14.6. The van der Waals surface area contributed by atoms with Gasteiger partial charge in [0.25, 0.3) is 0 Å². The summed E-state index contributed by atoms with van der Waals surface area (Å²) in [6.07, 6.45) is 0.600. The van der Waals surface area contributed by atoms with Gasteiger partial charge >= 0.3 is 0 Å². The smallest absolute Gasteiger partial charge is 0.242 e. The van der Waals surface area contributed by atoms with Crippen molar-refractivity contribution in [1.29, 1.82) is 5.26 Å². The third kappa shape index (κ3) is 5.44. The summed E-state index contributed by atoms with van der Waals surface area (Å²) in [7, 11) is 0. The van der Waals surface area contributed by atoms with Crippen LogP contribution in [0.15, 0.2) is 24.3 Å². The van der Waals surface area contributed by atoms with E-state index in [-0.39, 0.29) is 41.3 Å². The lowest BCUT2D eigenvalue weighted by molar-refractivity contribution is -0.131. The molecule has 0 fully saturated rings. The zero-order valence-corrected chi connectivity index (χ0v) is 20.6. The van der Waals surface area contributed by atoms with Crippen molar-refractivity contribution in [2.24, 2.45) is 11.7 Å².